The molecule has 1 N–H and O–H groups in total. The van der Waals surface area contributed by atoms with Crippen LogP contribution >= 0.6 is 23.2 Å². The summed E-state index contributed by atoms with van der Waals surface area (Å²) < 4.78 is 1.75. The molecule has 0 radical (unpaired) electrons. The second kappa shape index (κ2) is 9.12. The molecule has 0 unspecified atom stereocenters. The predicted octanol–water partition coefficient (Wildman–Crippen LogP) is 4.06. The van der Waals surface area contributed by atoms with E-state index in [1.807, 2.05) is 36.5 Å². The molecule has 1 amide bonds. The monoisotopic (exact) mass is 399 g/mol. The molecule has 1 heterocycles. The SMILES string of the molecule is O=C(N/N=C\C=C\c1cn(Cc2ccccc2)nn1)c1cc(Cl)ccc1Cl. The highest BCUT2D eigenvalue weighted by Gasteiger charge is 2.09. The lowest BCUT2D eigenvalue weighted by Gasteiger charge is -2.02. The third-order valence-corrected chi connectivity index (χ3v) is 4.08. The van der Waals surface area contributed by atoms with Crippen molar-refractivity contribution in [3.05, 3.63) is 87.7 Å². The molecule has 1 aromatic heterocycles. The lowest BCUT2D eigenvalue weighted by atomic mass is 10.2. The summed E-state index contributed by atoms with van der Waals surface area (Å²) in [6.45, 7) is 0.645. The first-order valence-corrected chi connectivity index (χ1v) is 8.76. The molecule has 0 aliphatic carbocycles. The van der Waals surface area contributed by atoms with E-state index in [1.54, 1.807) is 29.0 Å². The van der Waals surface area contributed by atoms with Crippen LogP contribution in [0.3, 0.4) is 0 Å². The van der Waals surface area contributed by atoms with Gasteiger partial charge in [-0.2, -0.15) is 5.10 Å². The number of hydrogen-bond acceptors (Lipinski definition) is 4. The number of amides is 1. The second-order valence-corrected chi connectivity index (χ2v) is 6.37. The number of halogens is 2. The topological polar surface area (TPSA) is 72.2 Å². The number of rotatable bonds is 6. The summed E-state index contributed by atoms with van der Waals surface area (Å²) in [6, 6.07) is 14.6. The number of aromatic nitrogens is 3. The molecule has 0 saturated heterocycles. The minimum Gasteiger partial charge on any atom is -0.267 e. The van der Waals surface area contributed by atoms with E-state index in [4.69, 9.17) is 23.2 Å². The number of nitrogens with zero attached hydrogens (tertiary/aromatic N) is 4. The summed E-state index contributed by atoms with van der Waals surface area (Å²) in [5.74, 6) is -0.444. The number of hydrogen-bond donors (Lipinski definition) is 1. The summed E-state index contributed by atoms with van der Waals surface area (Å²) in [6.07, 6.45) is 6.64. The van der Waals surface area contributed by atoms with Crippen LogP contribution in [0.4, 0.5) is 0 Å². The number of carbonyl (C=O) groups excluding carboxylic acids is 1. The van der Waals surface area contributed by atoms with Crippen LogP contribution in [0.25, 0.3) is 6.08 Å². The smallest absolute Gasteiger partial charge is 0.267 e. The molecule has 0 spiro atoms. The Hall–Kier alpha value is -2.96. The predicted molar refractivity (Wildman–Crippen MR) is 107 cm³/mol. The van der Waals surface area contributed by atoms with Crippen LogP contribution in [-0.4, -0.2) is 27.1 Å². The highest BCUT2D eigenvalue weighted by atomic mass is 35.5. The average Bonchev–Trinajstić information content (AvgIpc) is 3.11. The zero-order valence-electron chi connectivity index (χ0n) is 14.1. The number of nitrogens with one attached hydrogen (secondary N) is 1. The molecule has 136 valence electrons. The van der Waals surface area contributed by atoms with Gasteiger partial charge in [-0.15, -0.1) is 5.10 Å². The van der Waals surface area contributed by atoms with Crippen molar-refractivity contribution in [2.24, 2.45) is 5.10 Å². The van der Waals surface area contributed by atoms with Gasteiger partial charge in [-0.25, -0.2) is 10.1 Å². The van der Waals surface area contributed by atoms with Gasteiger partial charge in [-0.3, -0.25) is 4.79 Å². The Balaban J connectivity index is 1.53. The van der Waals surface area contributed by atoms with Crippen LogP contribution in [0, 0.1) is 0 Å². The Morgan fingerprint density at radius 1 is 1.19 bits per heavy atom. The van der Waals surface area contributed by atoms with E-state index in [0.29, 0.717) is 22.3 Å². The minimum atomic E-state index is -0.444. The molecule has 2 aromatic carbocycles. The van der Waals surface area contributed by atoms with Crippen molar-refractivity contribution >= 4 is 41.4 Å². The Labute approximate surface area is 166 Å². The number of benzene rings is 2. The number of allylic oxidation sites excluding steroid dienone is 1. The lowest BCUT2D eigenvalue weighted by molar-refractivity contribution is 0.0955. The zero-order valence-corrected chi connectivity index (χ0v) is 15.6. The molecule has 0 saturated carbocycles. The van der Waals surface area contributed by atoms with Gasteiger partial charge >= 0.3 is 0 Å². The summed E-state index contributed by atoms with van der Waals surface area (Å²) in [7, 11) is 0. The van der Waals surface area contributed by atoms with Crippen molar-refractivity contribution in [3.63, 3.8) is 0 Å². The number of hydrazone groups is 1. The van der Waals surface area contributed by atoms with E-state index in [9.17, 15) is 4.79 Å². The molecule has 6 nitrogen and oxygen atoms in total. The first-order chi connectivity index (χ1) is 13.1. The maximum absolute atomic E-state index is 12.0. The third kappa shape index (κ3) is 5.51. The van der Waals surface area contributed by atoms with E-state index < -0.39 is 5.91 Å². The van der Waals surface area contributed by atoms with Crippen molar-refractivity contribution in [1.82, 2.24) is 20.4 Å². The minimum absolute atomic E-state index is 0.258. The van der Waals surface area contributed by atoms with Crippen molar-refractivity contribution in [2.45, 2.75) is 6.54 Å². The van der Waals surface area contributed by atoms with Gasteiger partial charge in [0.25, 0.3) is 5.91 Å². The lowest BCUT2D eigenvalue weighted by Crippen LogP contribution is -2.17. The first kappa shape index (κ1) is 18.8. The normalized spacial score (nSPS) is 11.3. The zero-order chi connectivity index (χ0) is 19.1. The molecule has 8 heteroatoms. The molecule has 0 bridgehead atoms. The summed E-state index contributed by atoms with van der Waals surface area (Å²) in [5.41, 5.74) is 4.47. The number of carbonyl (C=O) groups is 1. The quantitative estimate of drug-likeness (QED) is 0.501. The van der Waals surface area contributed by atoms with E-state index in [2.05, 4.69) is 20.8 Å². The fraction of sp³-hybridized carbons (Fsp3) is 0.0526. The average molecular weight is 400 g/mol. The highest BCUT2D eigenvalue weighted by molar-refractivity contribution is 6.35. The van der Waals surface area contributed by atoms with E-state index in [1.165, 1.54) is 12.3 Å². The van der Waals surface area contributed by atoms with Gasteiger partial charge in [0.05, 0.1) is 23.3 Å². The maximum atomic E-state index is 12.0. The Morgan fingerprint density at radius 2 is 2.00 bits per heavy atom. The molecule has 27 heavy (non-hydrogen) atoms. The summed E-state index contributed by atoms with van der Waals surface area (Å²) >= 11 is 11.8. The van der Waals surface area contributed by atoms with Gasteiger partial charge in [0.15, 0.2) is 0 Å². The van der Waals surface area contributed by atoms with Gasteiger partial charge < -0.3 is 0 Å². The van der Waals surface area contributed by atoms with Crippen LogP contribution in [0.2, 0.25) is 10.0 Å². The Kier molecular flexibility index (Phi) is 6.35. The van der Waals surface area contributed by atoms with Gasteiger partial charge in [0, 0.05) is 11.2 Å². The van der Waals surface area contributed by atoms with Crippen molar-refractivity contribution in [1.29, 1.82) is 0 Å². The van der Waals surface area contributed by atoms with Crippen LogP contribution in [-0.2, 0) is 6.54 Å². The fourth-order valence-corrected chi connectivity index (χ4v) is 2.63. The molecule has 3 aromatic rings. The molecule has 0 fully saturated rings. The molecule has 0 atom stereocenters. The van der Waals surface area contributed by atoms with E-state index >= 15 is 0 Å². The van der Waals surface area contributed by atoms with Crippen molar-refractivity contribution in [3.8, 4) is 0 Å². The Bertz CT molecular complexity index is 983. The van der Waals surface area contributed by atoms with Crippen molar-refractivity contribution in [2.75, 3.05) is 0 Å². The van der Waals surface area contributed by atoms with Gasteiger partial charge in [-0.05, 0) is 35.9 Å². The van der Waals surface area contributed by atoms with Crippen LogP contribution in [0.5, 0.6) is 0 Å². The summed E-state index contributed by atoms with van der Waals surface area (Å²) in [4.78, 5) is 12.0. The maximum Gasteiger partial charge on any atom is 0.272 e. The largest absolute Gasteiger partial charge is 0.272 e. The summed E-state index contributed by atoms with van der Waals surface area (Å²) in [5, 5.41) is 12.7. The van der Waals surface area contributed by atoms with Gasteiger partial charge in [0.2, 0.25) is 0 Å². The molecular formula is C19H15Cl2N5O. The van der Waals surface area contributed by atoms with Gasteiger partial charge in [0.1, 0.15) is 5.69 Å². The standard InChI is InChI=1S/C19H15Cl2N5O/c20-15-8-9-18(21)17(11-15)19(27)24-22-10-4-7-16-13-26(25-23-16)12-14-5-2-1-3-6-14/h1-11,13H,12H2,(H,24,27)/b7-4+,22-10-. The Morgan fingerprint density at radius 3 is 2.81 bits per heavy atom. The van der Waals surface area contributed by atoms with Crippen molar-refractivity contribution < 1.29 is 4.79 Å². The van der Waals surface area contributed by atoms with Crippen LogP contribution in [0.1, 0.15) is 21.6 Å². The van der Waals surface area contributed by atoms with E-state index in [-0.39, 0.29) is 5.56 Å². The third-order valence-electron chi connectivity index (χ3n) is 3.51. The fourth-order valence-electron chi connectivity index (χ4n) is 2.25. The van der Waals surface area contributed by atoms with Crippen LogP contribution < -0.4 is 5.43 Å². The molecule has 0 aliphatic heterocycles. The molecule has 3 rings (SSSR count). The van der Waals surface area contributed by atoms with Crippen LogP contribution in [0.15, 0.2) is 65.9 Å². The van der Waals surface area contributed by atoms with E-state index in [0.717, 1.165) is 5.56 Å². The molecular weight excluding hydrogens is 385 g/mol. The molecule has 0 aliphatic rings. The highest BCUT2D eigenvalue weighted by Crippen LogP contribution is 2.20. The van der Waals surface area contributed by atoms with Gasteiger partial charge in [-0.1, -0.05) is 58.7 Å². The second-order valence-electron chi connectivity index (χ2n) is 5.53. The first-order valence-electron chi connectivity index (χ1n) is 8.01.